The number of hydrogen-bond donors (Lipinski definition) is 2. The van der Waals surface area contributed by atoms with Gasteiger partial charge in [-0.2, -0.15) is 0 Å². The summed E-state index contributed by atoms with van der Waals surface area (Å²) in [6.07, 6.45) is 0. The van der Waals surface area contributed by atoms with Crippen LogP contribution < -0.4 is 10.2 Å². The number of carbonyl (C=O) groups is 2. The molecule has 0 bridgehead atoms. The highest BCUT2D eigenvalue weighted by molar-refractivity contribution is 6.09. The van der Waals surface area contributed by atoms with E-state index in [-0.39, 0.29) is 24.8 Å². The molecule has 0 fully saturated rings. The fourth-order valence-corrected chi connectivity index (χ4v) is 2.89. The maximum absolute atomic E-state index is 12.4. The van der Waals surface area contributed by atoms with Gasteiger partial charge in [0.1, 0.15) is 0 Å². The Morgan fingerprint density at radius 1 is 0.786 bits per heavy atom. The topological polar surface area (TPSA) is 69.6 Å². The Morgan fingerprint density at radius 2 is 1.36 bits per heavy atom. The first kappa shape index (κ1) is 19.3. The average molecular weight is 374 g/mol. The van der Waals surface area contributed by atoms with Gasteiger partial charge in [0, 0.05) is 29.0 Å². The first-order valence-electron chi connectivity index (χ1n) is 9.08. The van der Waals surface area contributed by atoms with Crippen LogP contribution in [0.2, 0.25) is 0 Å². The molecule has 0 saturated heterocycles. The van der Waals surface area contributed by atoms with Crippen LogP contribution in [0.4, 0.5) is 11.4 Å². The van der Waals surface area contributed by atoms with E-state index in [9.17, 15) is 14.7 Å². The lowest BCUT2D eigenvalue weighted by molar-refractivity contribution is -0.115. The zero-order valence-corrected chi connectivity index (χ0v) is 15.4. The zero-order chi connectivity index (χ0) is 19.8. The van der Waals surface area contributed by atoms with Gasteiger partial charge in [-0.05, 0) is 36.4 Å². The monoisotopic (exact) mass is 374 g/mol. The molecule has 3 rings (SSSR count). The smallest absolute Gasteiger partial charge is 0.243 e. The summed E-state index contributed by atoms with van der Waals surface area (Å²) in [5.41, 5.74) is 2.68. The lowest BCUT2D eigenvalue weighted by Crippen LogP contribution is -2.35. The first-order valence-corrected chi connectivity index (χ1v) is 9.08. The van der Waals surface area contributed by atoms with Crippen LogP contribution in [0.3, 0.4) is 0 Å². The van der Waals surface area contributed by atoms with Crippen molar-refractivity contribution in [1.82, 2.24) is 0 Å². The van der Waals surface area contributed by atoms with Gasteiger partial charge in [-0.25, -0.2) is 0 Å². The minimum absolute atomic E-state index is 0.0432. The Balaban J connectivity index is 1.63. The SMILES string of the molecule is O=C(CN(CCO)c1ccccc1)Nc1ccc(C(=O)c2ccccc2)cc1. The highest BCUT2D eigenvalue weighted by Gasteiger charge is 2.12. The maximum atomic E-state index is 12.4. The molecule has 0 aliphatic rings. The molecule has 0 unspecified atom stereocenters. The second-order valence-electron chi connectivity index (χ2n) is 6.30. The molecule has 0 aliphatic carbocycles. The molecule has 3 aromatic rings. The van der Waals surface area contributed by atoms with E-state index in [2.05, 4.69) is 5.32 Å². The maximum Gasteiger partial charge on any atom is 0.243 e. The third-order valence-electron chi connectivity index (χ3n) is 4.29. The average Bonchev–Trinajstić information content (AvgIpc) is 2.75. The minimum Gasteiger partial charge on any atom is -0.395 e. The number of hydrogen-bond acceptors (Lipinski definition) is 4. The van der Waals surface area contributed by atoms with Crippen molar-refractivity contribution in [3.8, 4) is 0 Å². The number of amides is 1. The second kappa shape index (κ2) is 9.48. The summed E-state index contributed by atoms with van der Waals surface area (Å²) < 4.78 is 0. The van der Waals surface area contributed by atoms with Crippen LogP contribution in [0, 0.1) is 0 Å². The normalized spacial score (nSPS) is 10.3. The van der Waals surface area contributed by atoms with Crippen molar-refractivity contribution in [2.24, 2.45) is 0 Å². The number of ketones is 1. The summed E-state index contributed by atoms with van der Waals surface area (Å²) in [4.78, 5) is 26.7. The molecule has 0 saturated carbocycles. The molecular weight excluding hydrogens is 352 g/mol. The molecule has 0 heterocycles. The van der Waals surface area contributed by atoms with E-state index in [1.807, 2.05) is 53.4 Å². The van der Waals surface area contributed by atoms with Gasteiger partial charge in [0.05, 0.1) is 13.2 Å². The van der Waals surface area contributed by atoms with Crippen LogP contribution in [0.25, 0.3) is 0 Å². The van der Waals surface area contributed by atoms with E-state index in [0.29, 0.717) is 23.4 Å². The van der Waals surface area contributed by atoms with Crippen LogP contribution >= 0.6 is 0 Å². The van der Waals surface area contributed by atoms with E-state index in [4.69, 9.17) is 0 Å². The molecule has 3 aromatic carbocycles. The Morgan fingerprint density at radius 3 is 1.96 bits per heavy atom. The molecule has 5 nitrogen and oxygen atoms in total. The standard InChI is InChI=1S/C23H22N2O3/c26-16-15-25(21-9-5-2-6-10-21)17-22(27)24-20-13-11-19(12-14-20)23(28)18-7-3-1-4-8-18/h1-14,26H,15-17H2,(H,24,27). The number of benzene rings is 3. The van der Waals surface area contributed by atoms with Gasteiger partial charge in [0.15, 0.2) is 5.78 Å². The molecular formula is C23H22N2O3. The molecule has 2 N–H and O–H groups in total. The minimum atomic E-state index is -0.195. The summed E-state index contributed by atoms with van der Waals surface area (Å²) >= 11 is 0. The summed E-state index contributed by atoms with van der Waals surface area (Å²) in [5.74, 6) is -0.254. The summed E-state index contributed by atoms with van der Waals surface area (Å²) in [6.45, 7) is 0.440. The van der Waals surface area contributed by atoms with Gasteiger partial charge < -0.3 is 15.3 Å². The van der Waals surface area contributed by atoms with Gasteiger partial charge in [0.2, 0.25) is 5.91 Å². The number of nitrogens with zero attached hydrogens (tertiary/aromatic N) is 1. The predicted molar refractivity (Wildman–Crippen MR) is 111 cm³/mol. The molecule has 28 heavy (non-hydrogen) atoms. The largest absolute Gasteiger partial charge is 0.395 e. The van der Waals surface area contributed by atoms with E-state index < -0.39 is 0 Å². The zero-order valence-electron chi connectivity index (χ0n) is 15.4. The molecule has 0 aromatic heterocycles. The highest BCUT2D eigenvalue weighted by atomic mass is 16.3. The molecule has 0 radical (unpaired) electrons. The van der Waals surface area contributed by atoms with Gasteiger partial charge in [0.25, 0.3) is 0 Å². The fourth-order valence-electron chi connectivity index (χ4n) is 2.89. The number of rotatable bonds is 8. The van der Waals surface area contributed by atoms with Gasteiger partial charge in [-0.1, -0.05) is 48.5 Å². The van der Waals surface area contributed by atoms with Crippen molar-refractivity contribution < 1.29 is 14.7 Å². The van der Waals surface area contributed by atoms with Crippen molar-refractivity contribution in [3.05, 3.63) is 96.1 Å². The van der Waals surface area contributed by atoms with E-state index in [0.717, 1.165) is 5.69 Å². The van der Waals surface area contributed by atoms with Crippen LogP contribution in [-0.4, -0.2) is 36.5 Å². The summed E-state index contributed by atoms with van der Waals surface area (Å²) in [6, 6.07) is 25.4. The third-order valence-corrected chi connectivity index (χ3v) is 4.29. The van der Waals surface area contributed by atoms with Gasteiger partial charge in [-0.15, -0.1) is 0 Å². The predicted octanol–water partition coefficient (Wildman–Crippen LogP) is 3.36. The second-order valence-corrected chi connectivity index (χ2v) is 6.30. The van der Waals surface area contributed by atoms with E-state index in [1.165, 1.54) is 0 Å². The van der Waals surface area contributed by atoms with Crippen molar-refractivity contribution in [3.63, 3.8) is 0 Å². The molecule has 142 valence electrons. The van der Waals surface area contributed by atoms with Crippen molar-refractivity contribution in [2.75, 3.05) is 29.9 Å². The Hall–Kier alpha value is -3.44. The number of aliphatic hydroxyl groups excluding tert-OH is 1. The highest BCUT2D eigenvalue weighted by Crippen LogP contribution is 2.15. The van der Waals surface area contributed by atoms with Crippen LogP contribution in [0.1, 0.15) is 15.9 Å². The number of anilines is 2. The molecule has 0 atom stereocenters. The molecule has 5 heteroatoms. The van der Waals surface area contributed by atoms with Crippen molar-refractivity contribution >= 4 is 23.1 Å². The Labute approximate surface area is 164 Å². The lowest BCUT2D eigenvalue weighted by atomic mass is 10.0. The lowest BCUT2D eigenvalue weighted by Gasteiger charge is -2.23. The van der Waals surface area contributed by atoms with Gasteiger partial charge in [-0.3, -0.25) is 9.59 Å². The first-order chi connectivity index (χ1) is 13.7. The van der Waals surface area contributed by atoms with Crippen molar-refractivity contribution in [2.45, 2.75) is 0 Å². The van der Waals surface area contributed by atoms with E-state index >= 15 is 0 Å². The molecule has 0 spiro atoms. The number of aliphatic hydroxyl groups is 1. The van der Waals surface area contributed by atoms with Gasteiger partial charge >= 0.3 is 0 Å². The van der Waals surface area contributed by atoms with Crippen LogP contribution in [0.15, 0.2) is 84.9 Å². The number of para-hydroxylation sites is 1. The van der Waals surface area contributed by atoms with Crippen LogP contribution in [-0.2, 0) is 4.79 Å². The van der Waals surface area contributed by atoms with Crippen molar-refractivity contribution in [1.29, 1.82) is 0 Å². The number of nitrogens with one attached hydrogen (secondary N) is 1. The molecule has 0 aliphatic heterocycles. The summed E-state index contributed by atoms with van der Waals surface area (Å²) in [7, 11) is 0. The number of carbonyl (C=O) groups excluding carboxylic acids is 2. The fraction of sp³-hybridized carbons (Fsp3) is 0.130. The van der Waals surface area contributed by atoms with Crippen LogP contribution in [0.5, 0.6) is 0 Å². The Bertz CT molecular complexity index is 910. The quantitative estimate of drug-likeness (QED) is 0.593. The Kier molecular flexibility index (Phi) is 6.54. The van der Waals surface area contributed by atoms with E-state index in [1.54, 1.807) is 36.4 Å². The third kappa shape index (κ3) is 5.05. The molecule has 1 amide bonds. The summed E-state index contributed by atoms with van der Waals surface area (Å²) in [5, 5.41) is 12.1.